The van der Waals surface area contributed by atoms with Gasteiger partial charge < -0.3 is 10.6 Å². The van der Waals surface area contributed by atoms with E-state index in [0.29, 0.717) is 18.3 Å². The van der Waals surface area contributed by atoms with Crippen LogP contribution >= 0.6 is 0 Å². The molecule has 4 rings (SSSR count). The first-order valence-corrected chi connectivity index (χ1v) is 10.2. The lowest BCUT2D eigenvalue weighted by Gasteiger charge is -2.29. The fourth-order valence-electron chi connectivity index (χ4n) is 4.14. The molecule has 2 fully saturated rings. The highest BCUT2D eigenvalue weighted by atomic mass is 16.1. The number of carbonyl (C=O) groups is 1. The number of carbonyl (C=O) groups excluding carboxylic acids is 1. The summed E-state index contributed by atoms with van der Waals surface area (Å²) in [6, 6.07) is 10.8. The molecule has 2 aliphatic rings. The molecule has 0 radical (unpaired) electrons. The molecule has 1 aliphatic heterocycles. The largest absolute Gasteiger partial charge is 0.353 e. The Bertz CT molecular complexity index is 732. The first-order valence-electron chi connectivity index (χ1n) is 10.2. The molecule has 0 bridgehead atoms. The third kappa shape index (κ3) is 4.71. The van der Waals surface area contributed by atoms with Crippen LogP contribution in [-0.4, -0.2) is 44.7 Å². The van der Waals surface area contributed by atoms with Crippen LogP contribution in [0.15, 0.2) is 30.3 Å². The molecule has 1 atom stereocenters. The van der Waals surface area contributed by atoms with Crippen molar-refractivity contribution in [2.75, 3.05) is 6.54 Å². The maximum absolute atomic E-state index is 12.3. The van der Waals surface area contributed by atoms with Crippen molar-refractivity contribution >= 4 is 5.91 Å². The fraction of sp³-hybridized carbons (Fsp3) is 0.600. The molecule has 144 valence electrons. The number of amides is 1. The summed E-state index contributed by atoms with van der Waals surface area (Å²) in [5.74, 6) is 0.856. The molecule has 27 heavy (non-hydrogen) atoms. The van der Waals surface area contributed by atoms with Crippen LogP contribution in [-0.2, 0) is 4.79 Å². The van der Waals surface area contributed by atoms with E-state index in [4.69, 9.17) is 0 Å². The maximum atomic E-state index is 12.3. The smallest absolute Gasteiger partial charge is 0.221 e. The summed E-state index contributed by atoms with van der Waals surface area (Å²) in [5, 5.41) is 19.7. The van der Waals surface area contributed by atoms with Gasteiger partial charge in [-0.2, -0.15) is 4.80 Å². The Morgan fingerprint density at radius 2 is 1.93 bits per heavy atom. The molecule has 1 aromatic carbocycles. The van der Waals surface area contributed by atoms with Gasteiger partial charge in [-0.15, -0.1) is 10.2 Å². The number of benzene rings is 1. The summed E-state index contributed by atoms with van der Waals surface area (Å²) < 4.78 is 0. The van der Waals surface area contributed by atoms with Crippen molar-refractivity contribution < 1.29 is 4.79 Å². The molecule has 1 amide bonds. The zero-order valence-electron chi connectivity index (χ0n) is 15.7. The Labute approximate surface area is 159 Å². The molecule has 2 aromatic rings. The normalized spacial score (nSPS) is 25.9. The van der Waals surface area contributed by atoms with E-state index in [1.807, 2.05) is 30.3 Å². The van der Waals surface area contributed by atoms with Gasteiger partial charge in [0.15, 0.2) is 0 Å². The zero-order valence-corrected chi connectivity index (χ0v) is 15.7. The van der Waals surface area contributed by atoms with Crippen LogP contribution in [0.25, 0.3) is 11.4 Å². The highest BCUT2D eigenvalue weighted by Crippen LogP contribution is 2.28. The van der Waals surface area contributed by atoms with E-state index in [0.717, 1.165) is 44.2 Å². The summed E-state index contributed by atoms with van der Waals surface area (Å²) in [4.78, 5) is 14.1. The van der Waals surface area contributed by atoms with Crippen molar-refractivity contribution in [2.45, 2.75) is 69.5 Å². The Morgan fingerprint density at radius 3 is 2.67 bits per heavy atom. The molecular formula is C20H28N6O. The number of hydrogen-bond acceptors (Lipinski definition) is 5. The number of piperidine rings is 1. The van der Waals surface area contributed by atoms with Gasteiger partial charge in [0.05, 0.1) is 6.04 Å². The number of nitrogens with zero attached hydrogens (tertiary/aromatic N) is 4. The van der Waals surface area contributed by atoms with Gasteiger partial charge in [-0.05, 0) is 50.3 Å². The van der Waals surface area contributed by atoms with Crippen LogP contribution in [0.2, 0.25) is 0 Å². The Kier molecular flexibility index (Phi) is 5.77. The van der Waals surface area contributed by atoms with Crippen molar-refractivity contribution in [1.29, 1.82) is 0 Å². The SMILES string of the molecule is O=C(CC1CCCCN1)NC1CCC(n2nnc(-c3ccccc3)n2)CC1. The van der Waals surface area contributed by atoms with Crippen LogP contribution < -0.4 is 10.6 Å². The molecule has 2 heterocycles. The molecule has 7 heteroatoms. The van der Waals surface area contributed by atoms with Crippen LogP contribution in [0.5, 0.6) is 0 Å². The Hall–Kier alpha value is -2.28. The highest BCUT2D eigenvalue weighted by Gasteiger charge is 2.26. The second-order valence-corrected chi connectivity index (χ2v) is 7.72. The molecule has 1 unspecified atom stereocenters. The van der Waals surface area contributed by atoms with E-state index in [1.54, 1.807) is 4.80 Å². The Morgan fingerprint density at radius 1 is 1.11 bits per heavy atom. The van der Waals surface area contributed by atoms with E-state index in [9.17, 15) is 4.79 Å². The summed E-state index contributed by atoms with van der Waals surface area (Å²) in [6.07, 6.45) is 8.05. The molecule has 1 aliphatic carbocycles. The first kappa shape index (κ1) is 18.1. The molecule has 1 aromatic heterocycles. The highest BCUT2D eigenvalue weighted by molar-refractivity contribution is 5.76. The van der Waals surface area contributed by atoms with Crippen molar-refractivity contribution in [2.24, 2.45) is 0 Å². The molecular weight excluding hydrogens is 340 g/mol. The van der Waals surface area contributed by atoms with Gasteiger partial charge in [0.1, 0.15) is 0 Å². The van der Waals surface area contributed by atoms with Crippen molar-refractivity contribution in [1.82, 2.24) is 30.8 Å². The maximum Gasteiger partial charge on any atom is 0.221 e. The van der Waals surface area contributed by atoms with E-state index in [1.165, 1.54) is 12.8 Å². The molecule has 2 N–H and O–H groups in total. The van der Waals surface area contributed by atoms with Crippen LogP contribution in [0.3, 0.4) is 0 Å². The lowest BCUT2D eigenvalue weighted by atomic mass is 9.91. The minimum atomic E-state index is 0.183. The summed E-state index contributed by atoms with van der Waals surface area (Å²) in [7, 11) is 0. The minimum absolute atomic E-state index is 0.183. The fourth-order valence-corrected chi connectivity index (χ4v) is 4.14. The molecule has 0 spiro atoms. The molecule has 7 nitrogen and oxygen atoms in total. The first-order chi connectivity index (χ1) is 13.3. The number of aromatic nitrogens is 4. The van der Waals surface area contributed by atoms with Gasteiger partial charge in [-0.3, -0.25) is 4.79 Å². The topological polar surface area (TPSA) is 84.7 Å². The summed E-state index contributed by atoms with van der Waals surface area (Å²) >= 11 is 0. The van der Waals surface area contributed by atoms with Gasteiger partial charge in [-0.25, -0.2) is 0 Å². The van der Waals surface area contributed by atoms with Gasteiger partial charge in [0.2, 0.25) is 11.7 Å². The number of nitrogens with one attached hydrogen (secondary N) is 2. The standard InChI is InChI=1S/C20H28N6O/c27-19(14-17-8-4-5-13-21-17)22-16-9-11-18(12-10-16)26-24-20(23-25-26)15-6-2-1-3-7-15/h1-3,6-7,16-18,21H,4-5,8-14H2,(H,22,27). The molecule has 1 saturated carbocycles. The van der Waals surface area contributed by atoms with Gasteiger partial charge >= 0.3 is 0 Å². The number of rotatable bonds is 5. The van der Waals surface area contributed by atoms with Crippen LogP contribution in [0.1, 0.15) is 57.4 Å². The van der Waals surface area contributed by atoms with Crippen molar-refractivity contribution in [3.05, 3.63) is 30.3 Å². The average molecular weight is 368 g/mol. The monoisotopic (exact) mass is 368 g/mol. The zero-order chi connectivity index (χ0) is 18.5. The number of tetrazole rings is 1. The predicted octanol–water partition coefficient (Wildman–Crippen LogP) is 2.47. The third-order valence-corrected chi connectivity index (χ3v) is 5.69. The van der Waals surface area contributed by atoms with Crippen molar-refractivity contribution in [3.63, 3.8) is 0 Å². The lowest BCUT2D eigenvalue weighted by molar-refractivity contribution is -0.122. The lowest BCUT2D eigenvalue weighted by Crippen LogP contribution is -2.43. The van der Waals surface area contributed by atoms with Crippen LogP contribution in [0, 0.1) is 0 Å². The van der Waals surface area contributed by atoms with E-state index in [2.05, 4.69) is 26.0 Å². The van der Waals surface area contributed by atoms with Gasteiger partial charge in [0, 0.05) is 24.1 Å². The third-order valence-electron chi connectivity index (χ3n) is 5.69. The second kappa shape index (κ2) is 8.61. The van der Waals surface area contributed by atoms with Crippen molar-refractivity contribution in [3.8, 4) is 11.4 Å². The summed E-state index contributed by atoms with van der Waals surface area (Å²) in [6.45, 7) is 1.04. The number of hydrogen-bond donors (Lipinski definition) is 2. The van der Waals surface area contributed by atoms with E-state index >= 15 is 0 Å². The van der Waals surface area contributed by atoms with E-state index < -0.39 is 0 Å². The Balaban J connectivity index is 1.25. The predicted molar refractivity (Wildman–Crippen MR) is 103 cm³/mol. The van der Waals surface area contributed by atoms with E-state index in [-0.39, 0.29) is 18.0 Å². The van der Waals surface area contributed by atoms with Gasteiger partial charge in [0.25, 0.3) is 0 Å². The molecule has 1 saturated heterocycles. The quantitative estimate of drug-likeness (QED) is 0.847. The van der Waals surface area contributed by atoms with Crippen LogP contribution in [0.4, 0.5) is 0 Å². The second-order valence-electron chi connectivity index (χ2n) is 7.72. The van der Waals surface area contributed by atoms with Gasteiger partial charge in [-0.1, -0.05) is 36.8 Å². The summed E-state index contributed by atoms with van der Waals surface area (Å²) in [5.41, 5.74) is 0.987. The minimum Gasteiger partial charge on any atom is -0.353 e. The average Bonchev–Trinajstić information content (AvgIpc) is 3.20.